The summed E-state index contributed by atoms with van der Waals surface area (Å²) in [5, 5.41) is 16.6. The predicted octanol–water partition coefficient (Wildman–Crippen LogP) is 2.61. The number of thiazole rings is 1. The Morgan fingerprint density at radius 1 is 1.43 bits per heavy atom. The number of carboxylic acid groups (broad SMARTS) is 1. The molecule has 0 unspecified atom stereocenters. The number of carboxylic acids is 1. The minimum absolute atomic E-state index is 0.0239. The van der Waals surface area contributed by atoms with Crippen LogP contribution >= 0.6 is 11.3 Å². The van der Waals surface area contributed by atoms with Crippen LogP contribution < -0.4 is 10.6 Å². The molecule has 8 heteroatoms. The van der Waals surface area contributed by atoms with Crippen molar-refractivity contribution in [3.63, 3.8) is 0 Å². The number of amides is 2. The highest BCUT2D eigenvalue weighted by Gasteiger charge is 2.13. The number of anilines is 1. The van der Waals surface area contributed by atoms with Crippen LogP contribution in [0, 0.1) is 12.7 Å². The highest BCUT2D eigenvalue weighted by Crippen LogP contribution is 2.17. The normalized spacial score (nSPS) is 10.2. The molecular weight excluding hydrogens is 297 g/mol. The second-order valence-electron chi connectivity index (χ2n) is 4.16. The van der Waals surface area contributed by atoms with Gasteiger partial charge in [0, 0.05) is 5.38 Å². The number of benzene rings is 1. The molecule has 2 amide bonds. The molecule has 1 aromatic carbocycles. The maximum absolute atomic E-state index is 13.0. The van der Waals surface area contributed by atoms with Gasteiger partial charge in [-0.15, -0.1) is 11.3 Å². The van der Waals surface area contributed by atoms with Crippen molar-refractivity contribution in [1.29, 1.82) is 0 Å². The van der Waals surface area contributed by atoms with Crippen LogP contribution in [0.3, 0.4) is 0 Å². The molecule has 2 aromatic rings. The van der Waals surface area contributed by atoms with Crippen molar-refractivity contribution in [2.75, 3.05) is 5.32 Å². The fourth-order valence-corrected chi connectivity index (χ4v) is 2.24. The van der Waals surface area contributed by atoms with E-state index < -0.39 is 17.8 Å². The van der Waals surface area contributed by atoms with Crippen LogP contribution in [0.15, 0.2) is 23.6 Å². The van der Waals surface area contributed by atoms with Crippen LogP contribution in [0.2, 0.25) is 0 Å². The van der Waals surface area contributed by atoms with Crippen LogP contribution in [-0.4, -0.2) is 22.1 Å². The van der Waals surface area contributed by atoms with Gasteiger partial charge in [0.2, 0.25) is 0 Å². The van der Waals surface area contributed by atoms with Crippen molar-refractivity contribution in [3.05, 3.63) is 45.7 Å². The molecule has 3 N–H and O–H groups in total. The van der Waals surface area contributed by atoms with Gasteiger partial charge in [-0.1, -0.05) is 0 Å². The number of halogens is 1. The first-order valence-electron chi connectivity index (χ1n) is 5.94. The lowest BCUT2D eigenvalue weighted by Crippen LogP contribution is -2.29. The monoisotopic (exact) mass is 309 g/mol. The van der Waals surface area contributed by atoms with E-state index in [1.807, 2.05) is 12.3 Å². The molecule has 1 aromatic heterocycles. The van der Waals surface area contributed by atoms with Crippen LogP contribution in [0.25, 0.3) is 0 Å². The largest absolute Gasteiger partial charge is 0.478 e. The summed E-state index contributed by atoms with van der Waals surface area (Å²) in [6.07, 6.45) is 0. The third-order valence-corrected chi connectivity index (χ3v) is 3.38. The van der Waals surface area contributed by atoms with E-state index in [2.05, 4.69) is 15.6 Å². The van der Waals surface area contributed by atoms with Crippen molar-refractivity contribution >= 4 is 29.0 Å². The Morgan fingerprint density at radius 3 is 2.81 bits per heavy atom. The SMILES string of the molecule is Cc1nc(CNC(=O)Nc2ccc(F)cc2C(=O)O)cs1. The molecule has 6 nitrogen and oxygen atoms in total. The molecule has 0 atom stereocenters. The average Bonchev–Trinajstić information content (AvgIpc) is 2.84. The minimum atomic E-state index is -1.32. The second-order valence-corrected chi connectivity index (χ2v) is 5.22. The number of aromatic nitrogens is 1. The van der Waals surface area contributed by atoms with E-state index in [-0.39, 0.29) is 17.8 Å². The maximum Gasteiger partial charge on any atom is 0.337 e. The molecule has 2 rings (SSSR count). The molecule has 0 fully saturated rings. The van der Waals surface area contributed by atoms with E-state index in [4.69, 9.17) is 5.11 Å². The lowest BCUT2D eigenvalue weighted by Gasteiger charge is -2.09. The summed E-state index contributed by atoms with van der Waals surface area (Å²) in [4.78, 5) is 26.9. The molecular formula is C13H12FN3O3S. The fourth-order valence-electron chi connectivity index (χ4n) is 1.63. The molecule has 0 spiro atoms. The van der Waals surface area contributed by atoms with Gasteiger partial charge in [-0.2, -0.15) is 0 Å². The fraction of sp³-hybridized carbons (Fsp3) is 0.154. The number of nitrogens with one attached hydrogen (secondary N) is 2. The number of nitrogens with zero attached hydrogens (tertiary/aromatic N) is 1. The Kier molecular flexibility index (Phi) is 4.49. The average molecular weight is 309 g/mol. The second kappa shape index (κ2) is 6.31. The topological polar surface area (TPSA) is 91.3 Å². The summed E-state index contributed by atoms with van der Waals surface area (Å²) in [5.41, 5.74) is 0.427. The third kappa shape index (κ3) is 3.99. The van der Waals surface area contributed by atoms with Gasteiger partial charge in [0.15, 0.2) is 0 Å². The first-order chi connectivity index (χ1) is 9.95. The quantitative estimate of drug-likeness (QED) is 0.809. The van der Waals surface area contributed by atoms with Gasteiger partial charge in [-0.3, -0.25) is 0 Å². The Bertz CT molecular complexity index is 687. The molecule has 21 heavy (non-hydrogen) atoms. The molecule has 110 valence electrons. The number of hydrogen-bond donors (Lipinski definition) is 3. The summed E-state index contributed by atoms with van der Waals surface area (Å²) in [7, 11) is 0. The molecule has 0 aliphatic carbocycles. The number of urea groups is 1. The lowest BCUT2D eigenvalue weighted by atomic mass is 10.2. The van der Waals surface area contributed by atoms with Gasteiger partial charge in [-0.25, -0.2) is 19.0 Å². The number of aromatic carboxylic acids is 1. The van der Waals surface area contributed by atoms with Crippen molar-refractivity contribution in [3.8, 4) is 0 Å². The highest BCUT2D eigenvalue weighted by molar-refractivity contribution is 7.09. The zero-order chi connectivity index (χ0) is 15.4. The molecule has 0 radical (unpaired) electrons. The van der Waals surface area contributed by atoms with E-state index in [0.717, 1.165) is 17.1 Å². The predicted molar refractivity (Wildman–Crippen MR) is 76.1 cm³/mol. The number of carbonyl (C=O) groups is 2. The number of carbonyl (C=O) groups excluding carboxylic acids is 1. The Balaban J connectivity index is 2.01. The summed E-state index contributed by atoms with van der Waals surface area (Å²) in [6.45, 7) is 2.08. The van der Waals surface area contributed by atoms with Crippen molar-refractivity contribution in [2.45, 2.75) is 13.5 Å². The number of aryl methyl sites for hydroxylation is 1. The number of hydrogen-bond acceptors (Lipinski definition) is 4. The van der Waals surface area contributed by atoms with Gasteiger partial charge in [0.25, 0.3) is 0 Å². The van der Waals surface area contributed by atoms with Crippen molar-refractivity contribution in [2.24, 2.45) is 0 Å². The molecule has 0 aliphatic rings. The van der Waals surface area contributed by atoms with E-state index >= 15 is 0 Å². The smallest absolute Gasteiger partial charge is 0.337 e. The van der Waals surface area contributed by atoms with E-state index in [9.17, 15) is 14.0 Å². The van der Waals surface area contributed by atoms with Gasteiger partial charge < -0.3 is 15.7 Å². The summed E-state index contributed by atoms with van der Waals surface area (Å²) in [6, 6.07) is 2.54. The summed E-state index contributed by atoms with van der Waals surface area (Å²) < 4.78 is 13.0. The molecule has 0 saturated carbocycles. The zero-order valence-electron chi connectivity index (χ0n) is 11.0. The van der Waals surface area contributed by atoms with Crippen molar-refractivity contribution in [1.82, 2.24) is 10.3 Å². The molecule has 0 bridgehead atoms. The lowest BCUT2D eigenvalue weighted by molar-refractivity contribution is 0.0697. The summed E-state index contributed by atoms with van der Waals surface area (Å²) in [5.74, 6) is -2.00. The molecule has 0 aliphatic heterocycles. The van der Waals surface area contributed by atoms with E-state index in [1.54, 1.807) is 0 Å². The van der Waals surface area contributed by atoms with Gasteiger partial charge in [0.1, 0.15) is 5.82 Å². The van der Waals surface area contributed by atoms with Gasteiger partial charge in [-0.05, 0) is 25.1 Å². The Hall–Kier alpha value is -2.48. The summed E-state index contributed by atoms with van der Waals surface area (Å²) >= 11 is 1.47. The van der Waals surface area contributed by atoms with Crippen LogP contribution in [0.4, 0.5) is 14.9 Å². The van der Waals surface area contributed by atoms with Crippen molar-refractivity contribution < 1.29 is 19.1 Å². The van der Waals surface area contributed by atoms with Crippen LogP contribution in [-0.2, 0) is 6.54 Å². The Morgan fingerprint density at radius 2 is 2.19 bits per heavy atom. The standard InChI is InChI=1S/C13H12FN3O3S/c1-7-16-9(6-21-7)5-15-13(20)17-11-3-2-8(14)4-10(11)12(18)19/h2-4,6H,5H2,1H3,(H,18,19)(H2,15,17,20). The van der Waals surface area contributed by atoms with E-state index in [1.165, 1.54) is 17.4 Å². The van der Waals surface area contributed by atoms with Crippen LogP contribution in [0.5, 0.6) is 0 Å². The number of rotatable bonds is 4. The Labute approximate surface area is 123 Å². The zero-order valence-corrected chi connectivity index (χ0v) is 11.8. The van der Waals surface area contributed by atoms with Crippen LogP contribution in [0.1, 0.15) is 21.1 Å². The first-order valence-corrected chi connectivity index (χ1v) is 6.82. The minimum Gasteiger partial charge on any atom is -0.478 e. The van der Waals surface area contributed by atoms with Gasteiger partial charge in [0.05, 0.1) is 28.5 Å². The highest BCUT2D eigenvalue weighted by atomic mass is 32.1. The molecule has 0 saturated heterocycles. The van der Waals surface area contributed by atoms with E-state index in [0.29, 0.717) is 5.69 Å². The van der Waals surface area contributed by atoms with Gasteiger partial charge >= 0.3 is 12.0 Å². The molecule has 1 heterocycles. The first kappa shape index (κ1) is 14.9. The third-order valence-electron chi connectivity index (χ3n) is 2.56. The maximum atomic E-state index is 13.0.